The molecule has 2 N–H and O–H groups in total. The molecule has 1 heterocycles. The highest BCUT2D eigenvalue weighted by Gasteiger charge is 1.99. The molecule has 0 unspecified atom stereocenters. The first kappa shape index (κ1) is 12.4. The van der Waals surface area contributed by atoms with Crippen LogP contribution in [0, 0.1) is 0 Å². The number of ketones is 1. The van der Waals surface area contributed by atoms with Crippen molar-refractivity contribution < 1.29 is 4.79 Å². The third-order valence-corrected chi connectivity index (χ3v) is 2.77. The van der Waals surface area contributed by atoms with Crippen molar-refractivity contribution in [1.29, 1.82) is 0 Å². The van der Waals surface area contributed by atoms with Crippen molar-refractivity contribution in [2.24, 2.45) is 0 Å². The summed E-state index contributed by atoms with van der Waals surface area (Å²) in [5.74, 6) is 1.11. The van der Waals surface area contributed by atoms with Gasteiger partial charge in [0, 0.05) is 36.6 Å². The van der Waals surface area contributed by atoms with E-state index in [-0.39, 0.29) is 5.78 Å². The van der Waals surface area contributed by atoms with Crippen LogP contribution in [0.1, 0.15) is 29.5 Å². The lowest BCUT2D eigenvalue weighted by Gasteiger charge is -2.06. The Morgan fingerprint density at radius 3 is 2.72 bits per heavy atom. The average Bonchev–Trinajstić information content (AvgIpc) is 2.88. The van der Waals surface area contributed by atoms with Crippen LogP contribution >= 0.6 is 0 Å². The highest BCUT2D eigenvalue weighted by molar-refractivity contribution is 5.94. The molecule has 0 saturated heterocycles. The van der Waals surface area contributed by atoms with Crippen LogP contribution in [0.5, 0.6) is 0 Å². The topological polar surface area (TPSA) is 57.8 Å². The lowest BCUT2D eigenvalue weighted by Crippen LogP contribution is -2.04. The molecular weight excluding hydrogens is 226 g/mol. The Labute approximate surface area is 106 Å². The number of carbonyl (C=O) groups is 1. The summed E-state index contributed by atoms with van der Waals surface area (Å²) >= 11 is 0. The molecule has 0 aliphatic heterocycles. The Morgan fingerprint density at radius 1 is 1.33 bits per heavy atom. The molecule has 0 fully saturated rings. The fourth-order valence-corrected chi connectivity index (χ4v) is 1.75. The van der Waals surface area contributed by atoms with E-state index in [4.69, 9.17) is 0 Å². The number of H-pyrrole nitrogens is 1. The second-order valence-electron chi connectivity index (χ2n) is 4.20. The fraction of sp³-hybridized carbons (Fsp3) is 0.286. The normalized spacial score (nSPS) is 10.3. The molecule has 1 aromatic heterocycles. The van der Waals surface area contributed by atoms with Gasteiger partial charge in [-0.25, -0.2) is 4.98 Å². The number of benzene rings is 1. The van der Waals surface area contributed by atoms with Crippen LogP contribution in [0.4, 0.5) is 5.69 Å². The molecule has 94 valence electrons. The van der Waals surface area contributed by atoms with Gasteiger partial charge in [0.05, 0.1) is 0 Å². The first-order chi connectivity index (χ1) is 8.75. The predicted molar refractivity (Wildman–Crippen MR) is 71.8 cm³/mol. The van der Waals surface area contributed by atoms with E-state index in [0.29, 0.717) is 0 Å². The summed E-state index contributed by atoms with van der Waals surface area (Å²) in [5.41, 5.74) is 1.79. The third-order valence-electron chi connectivity index (χ3n) is 2.77. The Hall–Kier alpha value is -2.10. The van der Waals surface area contributed by atoms with E-state index in [1.165, 1.54) is 0 Å². The van der Waals surface area contributed by atoms with Gasteiger partial charge in [0.2, 0.25) is 0 Å². The van der Waals surface area contributed by atoms with Crippen molar-refractivity contribution >= 4 is 11.5 Å². The molecule has 0 aliphatic carbocycles. The van der Waals surface area contributed by atoms with Crippen molar-refractivity contribution in [1.82, 2.24) is 9.97 Å². The largest absolute Gasteiger partial charge is 0.385 e. The molecule has 4 heteroatoms. The van der Waals surface area contributed by atoms with Gasteiger partial charge in [0.15, 0.2) is 5.78 Å². The minimum absolute atomic E-state index is 0.0966. The number of nitrogens with zero attached hydrogens (tertiary/aromatic N) is 1. The lowest BCUT2D eigenvalue weighted by atomic mass is 10.1. The van der Waals surface area contributed by atoms with Crippen LogP contribution in [-0.2, 0) is 6.42 Å². The molecule has 0 saturated carbocycles. The molecule has 0 amide bonds. The SMILES string of the molecule is CC(=O)c1ccc(NCCCc2ncc[nH]2)cc1. The number of imidazole rings is 1. The standard InChI is InChI=1S/C14H17N3O/c1-11(18)12-4-6-13(7-5-12)15-8-2-3-14-16-9-10-17-14/h4-7,9-10,15H,2-3,8H2,1H3,(H,16,17). The number of aromatic nitrogens is 2. The average molecular weight is 243 g/mol. The van der Waals surface area contributed by atoms with E-state index in [0.717, 1.165) is 36.5 Å². The zero-order valence-electron chi connectivity index (χ0n) is 10.4. The minimum Gasteiger partial charge on any atom is -0.385 e. The summed E-state index contributed by atoms with van der Waals surface area (Å²) in [5, 5.41) is 3.32. The van der Waals surface area contributed by atoms with E-state index in [9.17, 15) is 4.79 Å². The Kier molecular flexibility index (Phi) is 4.12. The Bertz CT molecular complexity index is 488. The maximum Gasteiger partial charge on any atom is 0.159 e. The van der Waals surface area contributed by atoms with E-state index >= 15 is 0 Å². The number of aromatic amines is 1. The molecule has 2 rings (SSSR count). The van der Waals surface area contributed by atoms with Crippen LogP contribution < -0.4 is 5.32 Å². The molecule has 4 nitrogen and oxygen atoms in total. The Balaban J connectivity index is 1.75. The van der Waals surface area contributed by atoms with E-state index in [2.05, 4.69) is 15.3 Å². The smallest absolute Gasteiger partial charge is 0.159 e. The van der Waals surface area contributed by atoms with Gasteiger partial charge < -0.3 is 10.3 Å². The van der Waals surface area contributed by atoms with E-state index < -0.39 is 0 Å². The molecule has 0 atom stereocenters. The van der Waals surface area contributed by atoms with Gasteiger partial charge >= 0.3 is 0 Å². The van der Waals surface area contributed by atoms with Crippen molar-refractivity contribution in [3.63, 3.8) is 0 Å². The molecule has 18 heavy (non-hydrogen) atoms. The second-order valence-corrected chi connectivity index (χ2v) is 4.20. The van der Waals surface area contributed by atoms with Crippen molar-refractivity contribution in [2.45, 2.75) is 19.8 Å². The van der Waals surface area contributed by atoms with Crippen molar-refractivity contribution in [3.05, 3.63) is 48.0 Å². The van der Waals surface area contributed by atoms with Crippen LogP contribution in [0.15, 0.2) is 36.7 Å². The van der Waals surface area contributed by atoms with Gasteiger partial charge in [0.25, 0.3) is 0 Å². The predicted octanol–water partition coefficient (Wildman–Crippen LogP) is 2.66. The molecular formula is C14H17N3O. The number of carbonyl (C=O) groups excluding carboxylic acids is 1. The third kappa shape index (κ3) is 3.45. The first-order valence-electron chi connectivity index (χ1n) is 6.09. The monoisotopic (exact) mass is 243 g/mol. The lowest BCUT2D eigenvalue weighted by molar-refractivity contribution is 0.101. The number of anilines is 1. The fourth-order valence-electron chi connectivity index (χ4n) is 1.75. The highest BCUT2D eigenvalue weighted by Crippen LogP contribution is 2.10. The summed E-state index contributed by atoms with van der Waals surface area (Å²) < 4.78 is 0. The summed E-state index contributed by atoms with van der Waals surface area (Å²) in [6.45, 7) is 2.46. The van der Waals surface area contributed by atoms with Crippen LogP contribution in [0.2, 0.25) is 0 Å². The van der Waals surface area contributed by atoms with Gasteiger partial charge in [-0.1, -0.05) is 0 Å². The summed E-state index contributed by atoms with van der Waals surface area (Å²) in [7, 11) is 0. The molecule has 0 bridgehead atoms. The van der Waals surface area contributed by atoms with Crippen LogP contribution in [0.3, 0.4) is 0 Å². The zero-order chi connectivity index (χ0) is 12.8. The van der Waals surface area contributed by atoms with Gasteiger partial charge in [-0.3, -0.25) is 4.79 Å². The van der Waals surface area contributed by atoms with Gasteiger partial charge in [-0.15, -0.1) is 0 Å². The number of hydrogen-bond acceptors (Lipinski definition) is 3. The maximum absolute atomic E-state index is 11.1. The zero-order valence-corrected chi connectivity index (χ0v) is 10.4. The summed E-state index contributed by atoms with van der Waals surface area (Å²) in [6, 6.07) is 7.56. The number of hydrogen-bond donors (Lipinski definition) is 2. The maximum atomic E-state index is 11.1. The van der Waals surface area contributed by atoms with Gasteiger partial charge in [-0.2, -0.15) is 0 Å². The molecule has 0 aliphatic rings. The quantitative estimate of drug-likeness (QED) is 0.605. The summed E-state index contributed by atoms with van der Waals surface area (Å²) in [4.78, 5) is 18.4. The number of Topliss-reactive ketones (excluding diaryl/α,β-unsaturated/α-hetero) is 1. The van der Waals surface area contributed by atoms with Gasteiger partial charge in [0.1, 0.15) is 5.82 Å². The molecule has 1 aromatic carbocycles. The first-order valence-corrected chi connectivity index (χ1v) is 6.09. The van der Waals surface area contributed by atoms with Gasteiger partial charge in [-0.05, 0) is 37.6 Å². The van der Waals surface area contributed by atoms with E-state index in [1.54, 1.807) is 13.1 Å². The Morgan fingerprint density at radius 2 is 2.11 bits per heavy atom. The highest BCUT2D eigenvalue weighted by atomic mass is 16.1. The second kappa shape index (κ2) is 6.00. The minimum atomic E-state index is 0.0966. The summed E-state index contributed by atoms with van der Waals surface area (Å²) in [6.07, 6.45) is 5.56. The van der Waals surface area contributed by atoms with Crippen molar-refractivity contribution in [2.75, 3.05) is 11.9 Å². The number of aryl methyl sites for hydroxylation is 1. The molecule has 2 aromatic rings. The van der Waals surface area contributed by atoms with Crippen LogP contribution in [-0.4, -0.2) is 22.3 Å². The van der Waals surface area contributed by atoms with Crippen LogP contribution in [0.25, 0.3) is 0 Å². The molecule has 0 radical (unpaired) electrons. The number of nitrogens with one attached hydrogen (secondary N) is 2. The molecule has 0 spiro atoms. The number of rotatable bonds is 6. The van der Waals surface area contributed by atoms with E-state index in [1.807, 2.05) is 30.5 Å². The van der Waals surface area contributed by atoms with Crippen molar-refractivity contribution in [3.8, 4) is 0 Å².